The number of anilines is 3. The molecule has 1 atom stereocenters. The van der Waals surface area contributed by atoms with Gasteiger partial charge in [-0.25, -0.2) is 26.9 Å². The Morgan fingerprint density at radius 2 is 1.79 bits per heavy atom. The fourth-order valence-corrected chi connectivity index (χ4v) is 4.61. The lowest BCUT2D eigenvalue weighted by molar-refractivity contribution is -0.122. The number of hydrogen-bond acceptors (Lipinski definition) is 4. The van der Waals surface area contributed by atoms with Crippen molar-refractivity contribution >= 4 is 29.0 Å². The molecule has 38 heavy (non-hydrogen) atoms. The molecule has 1 aromatic heterocycles. The van der Waals surface area contributed by atoms with Gasteiger partial charge in [-0.2, -0.15) is 4.39 Å². The first-order valence-electron chi connectivity index (χ1n) is 11.6. The maximum absolute atomic E-state index is 15.5. The highest BCUT2D eigenvalue weighted by molar-refractivity contribution is 6.09. The van der Waals surface area contributed by atoms with Gasteiger partial charge in [0.1, 0.15) is 18.2 Å². The lowest BCUT2D eigenvalue weighted by Crippen LogP contribution is -2.56. The summed E-state index contributed by atoms with van der Waals surface area (Å²) < 4.78 is 82.2. The van der Waals surface area contributed by atoms with Gasteiger partial charge in [0.15, 0.2) is 0 Å². The van der Waals surface area contributed by atoms with Crippen LogP contribution >= 0.6 is 0 Å². The fraction of sp³-hybridized carbons (Fsp3) is 0.269. The van der Waals surface area contributed by atoms with Gasteiger partial charge in [-0.15, -0.1) is 0 Å². The Kier molecular flexibility index (Phi) is 6.28. The molecule has 0 spiro atoms. The van der Waals surface area contributed by atoms with Crippen LogP contribution < -0.4 is 15.1 Å². The summed E-state index contributed by atoms with van der Waals surface area (Å²) >= 11 is 0. The molecule has 2 aliphatic rings. The molecule has 12 heteroatoms. The number of nitrogens with one attached hydrogen (secondary N) is 1. The molecule has 198 valence electrons. The van der Waals surface area contributed by atoms with Crippen LogP contribution in [0.2, 0.25) is 0 Å². The average molecular weight is 534 g/mol. The largest absolute Gasteiger partial charge is 0.344 e. The number of nitrogens with zero attached hydrogens (tertiary/aromatic N) is 3. The van der Waals surface area contributed by atoms with E-state index in [4.69, 9.17) is 0 Å². The number of benzene rings is 2. The Labute approximate surface area is 212 Å². The second kappa shape index (κ2) is 9.34. The van der Waals surface area contributed by atoms with Gasteiger partial charge in [-0.1, -0.05) is 18.2 Å². The molecule has 1 N–H and O–H groups in total. The lowest BCUT2D eigenvalue weighted by atomic mass is 9.92. The molecule has 0 aliphatic carbocycles. The molecule has 6 nitrogen and oxygen atoms in total. The number of hydrogen-bond donors (Lipinski definition) is 1. The molecule has 3 heterocycles. The summed E-state index contributed by atoms with van der Waals surface area (Å²) in [6.45, 7) is -0.538. The van der Waals surface area contributed by atoms with E-state index < -0.39 is 61.5 Å². The molecule has 2 aromatic carbocycles. The van der Waals surface area contributed by atoms with Crippen molar-refractivity contribution in [2.24, 2.45) is 0 Å². The van der Waals surface area contributed by atoms with Gasteiger partial charge < -0.3 is 15.1 Å². The monoisotopic (exact) mass is 534 g/mol. The van der Waals surface area contributed by atoms with Crippen LogP contribution in [0, 0.1) is 11.8 Å². The summed E-state index contributed by atoms with van der Waals surface area (Å²) in [5, 5.41) is 2.50. The minimum absolute atomic E-state index is 0.0897. The van der Waals surface area contributed by atoms with E-state index in [0.717, 1.165) is 34.1 Å². The quantitative estimate of drug-likeness (QED) is 0.347. The zero-order valence-electron chi connectivity index (χ0n) is 19.8. The smallest absolute Gasteiger partial charge is 0.282 e. The molecule has 1 saturated heterocycles. The number of carbonyl (C=O) groups is 2. The molecule has 1 unspecified atom stereocenters. The van der Waals surface area contributed by atoms with Crippen LogP contribution in [0.4, 0.5) is 43.5 Å². The predicted octanol–water partition coefficient (Wildman–Crippen LogP) is 5.51. The zero-order chi connectivity index (χ0) is 27.4. The van der Waals surface area contributed by atoms with Crippen molar-refractivity contribution in [1.82, 2.24) is 4.98 Å². The van der Waals surface area contributed by atoms with Gasteiger partial charge in [0.05, 0.1) is 30.3 Å². The third kappa shape index (κ3) is 4.66. The number of fused-ring (bicyclic) bond motifs is 3. The average Bonchev–Trinajstić information content (AvgIpc) is 2.92. The topological polar surface area (TPSA) is 65.5 Å². The van der Waals surface area contributed by atoms with Crippen molar-refractivity contribution < 1.29 is 35.9 Å². The van der Waals surface area contributed by atoms with E-state index in [1.807, 2.05) is 0 Å². The highest BCUT2D eigenvalue weighted by Gasteiger charge is 2.45. The van der Waals surface area contributed by atoms with Gasteiger partial charge in [0.2, 0.25) is 17.8 Å². The van der Waals surface area contributed by atoms with Gasteiger partial charge in [-0.3, -0.25) is 9.59 Å². The first kappa shape index (κ1) is 25.6. The Morgan fingerprint density at radius 1 is 1.11 bits per heavy atom. The second-order valence-electron chi connectivity index (χ2n) is 9.23. The molecule has 0 saturated carbocycles. The minimum Gasteiger partial charge on any atom is -0.344 e. The molecule has 0 radical (unpaired) electrons. The molecule has 1 fully saturated rings. The van der Waals surface area contributed by atoms with Crippen molar-refractivity contribution in [3.05, 3.63) is 71.4 Å². The van der Waals surface area contributed by atoms with E-state index in [9.17, 15) is 31.5 Å². The number of pyridine rings is 1. The number of amides is 2. The summed E-state index contributed by atoms with van der Waals surface area (Å²) in [5.41, 5.74) is 0.0232. The summed E-state index contributed by atoms with van der Waals surface area (Å²) in [4.78, 5) is 32.4. The SMILES string of the molecule is CC1C(=O)N(CC(=O)Nc2ccc(C(F)F)cc2)c2cc(N3CC(F)(F)C3)nc(F)c2-c2ccc(F)cc21. The summed E-state index contributed by atoms with van der Waals surface area (Å²) in [6.07, 6.45) is -2.69. The van der Waals surface area contributed by atoms with E-state index in [-0.39, 0.29) is 39.4 Å². The van der Waals surface area contributed by atoms with Crippen molar-refractivity contribution in [2.45, 2.75) is 25.2 Å². The zero-order valence-corrected chi connectivity index (χ0v) is 19.8. The first-order chi connectivity index (χ1) is 17.9. The van der Waals surface area contributed by atoms with Gasteiger partial charge >= 0.3 is 0 Å². The van der Waals surface area contributed by atoms with Crippen LogP contribution in [-0.2, 0) is 9.59 Å². The number of halogens is 6. The third-order valence-corrected chi connectivity index (χ3v) is 6.53. The third-order valence-electron chi connectivity index (χ3n) is 6.53. The fourth-order valence-electron chi connectivity index (χ4n) is 4.61. The molecular weight excluding hydrogens is 514 g/mol. The highest BCUT2D eigenvalue weighted by Crippen LogP contribution is 2.44. The Hall–Kier alpha value is -4.09. The Bertz CT molecular complexity index is 1420. The molecule has 3 aromatic rings. The van der Waals surface area contributed by atoms with Crippen LogP contribution in [0.5, 0.6) is 0 Å². The first-order valence-corrected chi connectivity index (χ1v) is 11.6. The van der Waals surface area contributed by atoms with Crippen molar-refractivity contribution in [3.8, 4) is 11.1 Å². The molecule has 5 rings (SSSR count). The minimum atomic E-state index is -2.97. The Morgan fingerprint density at radius 3 is 2.42 bits per heavy atom. The second-order valence-corrected chi connectivity index (χ2v) is 9.23. The molecule has 2 amide bonds. The lowest BCUT2D eigenvalue weighted by Gasteiger charge is -2.40. The van der Waals surface area contributed by atoms with Crippen molar-refractivity contribution in [3.63, 3.8) is 0 Å². The maximum atomic E-state index is 15.5. The van der Waals surface area contributed by atoms with Gasteiger partial charge in [0, 0.05) is 17.3 Å². The standard InChI is InChI=1S/C26H20F6N4O2/c1-13-18-8-15(27)4-7-17(18)22-19(9-20(34-24(22)30)35-11-26(31,32)12-35)36(25(13)38)10-21(37)33-16-5-2-14(3-6-16)23(28)29/h2-9,13,23H,10-12H2,1H3,(H,33,37). The van der Waals surface area contributed by atoms with Crippen LogP contribution in [0.25, 0.3) is 11.1 Å². The predicted molar refractivity (Wildman–Crippen MR) is 128 cm³/mol. The van der Waals surface area contributed by atoms with Crippen LogP contribution in [0.15, 0.2) is 48.5 Å². The molecule has 0 bridgehead atoms. The number of aromatic nitrogens is 1. The van der Waals surface area contributed by atoms with E-state index in [1.54, 1.807) is 0 Å². The summed E-state index contributed by atoms with van der Waals surface area (Å²) in [5.74, 6) is -7.24. The maximum Gasteiger partial charge on any atom is 0.282 e. The van der Waals surface area contributed by atoms with E-state index in [0.29, 0.717) is 0 Å². The van der Waals surface area contributed by atoms with Crippen LogP contribution in [-0.4, -0.2) is 42.4 Å². The van der Waals surface area contributed by atoms with Crippen molar-refractivity contribution in [1.29, 1.82) is 0 Å². The van der Waals surface area contributed by atoms with E-state index in [2.05, 4.69) is 10.3 Å². The normalized spacial score (nSPS) is 18.0. The number of alkyl halides is 4. The molecular formula is C26H20F6N4O2. The van der Waals surface area contributed by atoms with E-state index >= 15 is 4.39 Å². The highest BCUT2D eigenvalue weighted by atomic mass is 19.3. The Balaban J connectivity index is 1.54. The molecule has 2 aliphatic heterocycles. The van der Waals surface area contributed by atoms with Gasteiger partial charge in [0.25, 0.3) is 12.3 Å². The number of carbonyl (C=O) groups excluding carboxylic acids is 2. The van der Waals surface area contributed by atoms with Crippen LogP contribution in [0.3, 0.4) is 0 Å². The number of rotatable bonds is 5. The van der Waals surface area contributed by atoms with Crippen LogP contribution in [0.1, 0.15) is 30.4 Å². The van der Waals surface area contributed by atoms with Gasteiger partial charge in [-0.05, 0) is 42.3 Å². The summed E-state index contributed by atoms with van der Waals surface area (Å²) in [7, 11) is 0. The van der Waals surface area contributed by atoms with E-state index in [1.165, 1.54) is 31.2 Å². The van der Waals surface area contributed by atoms with Crippen molar-refractivity contribution in [2.75, 3.05) is 34.8 Å². The summed E-state index contributed by atoms with van der Waals surface area (Å²) in [6, 6.07) is 9.54.